The normalized spacial score (nSPS) is 15.8. The fraction of sp³-hybridized carbons (Fsp3) is 0.435. The smallest absolute Gasteiger partial charge is 0.261 e. The first-order chi connectivity index (χ1) is 14.5. The molecule has 168 valence electrons. The van der Waals surface area contributed by atoms with Gasteiger partial charge in [-0.2, -0.15) is 0 Å². The highest BCUT2D eigenvalue weighted by Gasteiger charge is 2.38. The van der Waals surface area contributed by atoms with Crippen LogP contribution in [0.5, 0.6) is 11.5 Å². The van der Waals surface area contributed by atoms with Crippen LogP contribution in [-0.2, 0) is 14.8 Å². The van der Waals surface area contributed by atoms with Gasteiger partial charge in [-0.1, -0.05) is 13.8 Å². The predicted octanol–water partition coefficient (Wildman–Crippen LogP) is 4.29. The van der Waals surface area contributed by atoms with Crippen LogP contribution in [0.4, 0.5) is 11.4 Å². The van der Waals surface area contributed by atoms with Crippen molar-refractivity contribution in [1.29, 1.82) is 0 Å². The Labute approximate surface area is 184 Å². The largest absolute Gasteiger partial charge is 0.494 e. The van der Waals surface area contributed by atoms with Gasteiger partial charge in [-0.3, -0.25) is 9.52 Å². The number of hydrogen-bond donors (Lipinski definition) is 1. The minimum Gasteiger partial charge on any atom is -0.494 e. The van der Waals surface area contributed by atoms with E-state index in [1.807, 2.05) is 34.6 Å². The molecular weight excluding hydrogens is 416 g/mol. The van der Waals surface area contributed by atoms with Crippen LogP contribution in [0.2, 0.25) is 0 Å². The molecule has 2 aromatic rings. The van der Waals surface area contributed by atoms with Crippen molar-refractivity contribution in [3.8, 4) is 11.5 Å². The molecule has 0 aliphatic carbocycles. The Morgan fingerprint density at radius 3 is 2.45 bits per heavy atom. The lowest BCUT2D eigenvalue weighted by Crippen LogP contribution is -2.43. The molecule has 0 saturated carbocycles. The summed E-state index contributed by atoms with van der Waals surface area (Å²) in [5, 5.41) is 0. The number of anilines is 2. The number of fused-ring (bicyclic) bond motifs is 1. The molecule has 0 aromatic heterocycles. The Balaban J connectivity index is 1.93. The van der Waals surface area contributed by atoms with Crippen LogP contribution in [0.25, 0.3) is 0 Å². The lowest BCUT2D eigenvalue weighted by atomic mass is 9.92. The first-order valence-electron chi connectivity index (χ1n) is 10.4. The van der Waals surface area contributed by atoms with E-state index in [9.17, 15) is 13.2 Å². The molecule has 1 aliphatic rings. The van der Waals surface area contributed by atoms with Gasteiger partial charge < -0.3 is 14.4 Å². The van der Waals surface area contributed by atoms with Crippen molar-refractivity contribution in [2.45, 2.75) is 39.5 Å². The Morgan fingerprint density at radius 2 is 1.84 bits per heavy atom. The first-order valence-corrected chi connectivity index (χ1v) is 11.9. The first kappa shape index (κ1) is 22.9. The molecule has 0 spiro atoms. The molecule has 2 aromatic carbocycles. The lowest BCUT2D eigenvalue weighted by Gasteiger charge is -2.29. The minimum atomic E-state index is -3.81. The van der Waals surface area contributed by atoms with E-state index < -0.39 is 15.4 Å². The van der Waals surface area contributed by atoms with Crippen LogP contribution in [0.3, 0.4) is 0 Å². The summed E-state index contributed by atoms with van der Waals surface area (Å²) in [6, 6.07) is 11.2. The van der Waals surface area contributed by atoms with Crippen LogP contribution in [-0.4, -0.2) is 34.1 Å². The predicted molar refractivity (Wildman–Crippen MR) is 121 cm³/mol. The third-order valence-corrected chi connectivity index (χ3v) is 6.30. The molecular formula is C23H30N2O5S. The van der Waals surface area contributed by atoms with Gasteiger partial charge >= 0.3 is 0 Å². The van der Waals surface area contributed by atoms with E-state index in [1.165, 1.54) is 12.1 Å². The topological polar surface area (TPSA) is 84.9 Å². The lowest BCUT2D eigenvalue weighted by molar-refractivity contribution is -0.127. The fourth-order valence-electron chi connectivity index (χ4n) is 3.35. The molecule has 8 heteroatoms. The van der Waals surface area contributed by atoms with Crippen LogP contribution >= 0.6 is 0 Å². The summed E-state index contributed by atoms with van der Waals surface area (Å²) >= 11 is 0. The molecule has 0 atom stereocenters. The van der Waals surface area contributed by atoms with Crippen molar-refractivity contribution in [3.63, 3.8) is 0 Å². The summed E-state index contributed by atoms with van der Waals surface area (Å²) in [5.41, 5.74) is 0.240. The van der Waals surface area contributed by atoms with Gasteiger partial charge in [0.1, 0.15) is 18.1 Å². The monoisotopic (exact) mass is 446 g/mol. The Bertz CT molecular complexity index is 1050. The maximum Gasteiger partial charge on any atom is 0.261 e. The summed E-state index contributed by atoms with van der Waals surface area (Å²) in [5.74, 6) is 1.35. The van der Waals surface area contributed by atoms with Gasteiger partial charge in [-0.15, -0.1) is 0 Å². The fourth-order valence-corrected chi connectivity index (χ4v) is 4.40. The van der Waals surface area contributed by atoms with Gasteiger partial charge in [0.25, 0.3) is 10.0 Å². The number of carbonyl (C=O) groups excluding carboxylic acids is 1. The number of carbonyl (C=O) groups is 1. The molecule has 0 fully saturated rings. The van der Waals surface area contributed by atoms with Crippen LogP contribution in [0.1, 0.15) is 34.6 Å². The van der Waals surface area contributed by atoms with E-state index in [0.29, 0.717) is 36.0 Å². The number of amides is 1. The molecule has 1 N–H and O–H groups in total. The molecule has 3 rings (SSSR count). The van der Waals surface area contributed by atoms with E-state index in [4.69, 9.17) is 9.47 Å². The SMILES string of the molecule is CCOc1ccc(S(=O)(=O)Nc2ccc3c(c2)N(CC(C)C)C(=O)C(C)(C)CO3)cc1. The van der Waals surface area contributed by atoms with E-state index in [1.54, 1.807) is 35.2 Å². The van der Waals surface area contributed by atoms with E-state index >= 15 is 0 Å². The Kier molecular flexibility index (Phi) is 6.50. The molecule has 0 bridgehead atoms. The maximum atomic E-state index is 13.2. The van der Waals surface area contributed by atoms with E-state index in [-0.39, 0.29) is 23.3 Å². The molecule has 1 aliphatic heterocycles. The number of ether oxygens (including phenoxy) is 2. The Hall–Kier alpha value is -2.74. The third kappa shape index (κ3) is 5.12. The quantitative estimate of drug-likeness (QED) is 0.686. The maximum absolute atomic E-state index is 13.2. The van der Waals surface area contributed by atoms with Crippen molar-refractivity contribution in [2.75, 3.05) is 29.4 Å². The van der Waals surface area contributed by atoms with Gasteiger partial charge in [-0.05, 0) is 69.2 Å². The van der Waals surface area contributed by atoms with Crippen LogP contribution in [0, 0.1) is 11.3 Å². The second kappa shape index (κ2) is 8.78. The zero-order valence-electron chi connectivity index (χ0n) is 18.6. The number of benzene rings is 2. The molecule has 1 amide bonds. The van der Waals surface area contributed by atoms with E-state index in [0.717, 1.165) is 0 Å². The number of rotatable bonds is 7. The second-order valence-electron chi connectivity index (χ2n) is 8.67. The molecule has 7 nitrogen and oxygen atoms in total. The second-order valence-corrected chi connectivity index (χ2v) is 10.4. The summed E-state index contributed by atoms with van der Waals surface area (Å²) in [6.07, 6.45) is 0. The van der Waals surface area contributed by atoms with Gasteiger partial charge in [0, 0.05) is 6.54 Å². The van der Waals surface area contributed by atoms with Gasteiger partial charge in [-0.25, -0.2) is 8.42 Å². The molecule has 0 saturated heterocycles. The summed E-state index contributed by atoms with van der Waals surface area (Å²) in [7, 11) is -3.81. The molecule has 0 unspecified atom stereocenters. The highest BCUT2D eigenvalue weighted by molar-refractivity contribution is 7.92. The average molecular weight is 447 g/mol. The summed E-state index contributed by atoms with van der Waals surface area (Å²) in [6.45, 7) is 10.9. The highest BCUT2D eigenvalue weighted by Crippen LogP contribution is 2.39. The molecule has 0 radical (unpaired) electrons. The van der Waals surface area contributed by atoms with Crippen LogP contribution < -0.4 is 19.1 Å². The van der Waals surface area contributed by atoms with Crippen molar-refractivity contribution in [1.82, 2.24) is 0 Å². The summed E-state index contributed by atoms with van der Waals surface area (Å²) < 4.78 is 39.6. The number of sulfonamides is 1. The van der Waals surface area contributed by atoms with Crippen molar-refractivity contribution >= 4 is 27.3 Å². The summed E-state index contributed by atoms with van der Waals surface area (Å²) in [4.78, 5) is 15.0. The highest BCUT2D eigenvalue weighted by atomic mass is 32.2. The van der Waals surface area contributed by atoms with Crippen molar-refractivity contribution < 1.29 is 22.7 Å². The zero-order valence-corrected chi connectivity index (χ0v) is 19.5. The van der Waals surface area contributed by atoms with Crippen molar-refractivity contribution in [3.05, 3.63) is 42.5 Å². The average Bonchev–Trinajstić information content (AvgIpc) is 2.78. The van der Waals surface area contributed by atoms with Crippen LogP contribution in [0.15, 0.2) is 47.4 Å². The van der Waals surface area contributed by atoms with Gasteiger partial charge in [0.15, 0.2) is 0 Å². The number of nitrogens with one attached hydrogen (secondary N) is 1. The number of nitrogens with zero attached hydrogens (tertiary/aromatic N) is 1. The Morgan fingerprint density at radius 1 is 1.16 bits per heavy atom. The van der Waals surface area contributed by atoms with Gasteiger partial charge in [0.2, 0.25) is 5.91 Å². The van der Waals surface area contributed by atoms with Gasteiger partial charge in [0.05, 0.1) is 28.3 Å². The molecule has 1 heterocycles. The zero-order chi connectivity index (χ0) is 22.8. The minimum absolute atomic E-state index is 0.0496. The number of hydrogen-bond acceptors (Lipinski definition) is 5. The third-order valence-electron chi connectivity index (χ3n) is 4.91. The van der Waals surface area contributed by atoms with Crippen molar-refractivity contribution in [2.24, 2.45) is 11.3 Å². The van der Waals surface area contributed by atoms with E-state index in [2.05, 4.69) is 4.72 Å². The molecule has 31 heavy (non-hydrogen) atoms. The standard InChI is InChI=1S/C23H30N2O5S/c1-6-29-18-8-10-19(11-9-18)31(27,28)24-17-7-12-21-20(13-17)25(14-16(2)3)22(26)23(4,5)15-30-21/h7-13,16,24H,6,14-15H2,1-5H3.